The molecule has 0 amide bonds. The highest BCUT2D eigenvalue weighted by molar-refractivity contribution is 5.85. The number of rotatable bonds is 5. The predicted octanol–water partition coefficient (Wildman–Crippen LogP) is 1.48. The van der Waals surface area contributed by atoms with Crippen molar-refractivity contribution in [1.29, 1.82) is 0 Å². The molecule has 0 bridgehead atoms. The van der Waals surface area contributed by atoms with E-state index in [1.165, 1.54) is 0 Å². The van der Waals surface area contributed by atoms with E-state index in [4.69, 9.17) is 16.0 Å². The van der Waals surface area contributed by atoms with Gasteiger partial charge in [-0.25, -0.2) is 0 Å². The van der Waals surface area contributed by atoms with Gasteiger partial charge in [-0.1, -0.05) is 18.6 Å². The molecule has 6 nitrogen and oxygen atoms in total. The van der Waals surface area contributed by atoms with Crippen molar-refractivity contribution in [2.75, 3.05) is 0 Å². The molecule has 1 rings (SSSR count). The van der Waals surface area contributed by atoms with Crippen LogP contribution in [0.3, 0.4) is 0 Å². The van der Waals surface area contributed by atoms with Gasteiger partial charge in [-0.15, -0.1) is 12.4 Å². The molecular formula is C12H22ClN3O3. The molecule has 0 saturated carbocycles. The molecule has 0 spiro atoms. The molecular weight excluding hydrogens is 270 g/mol. The fourth-order valence-corrected chi connectivity index (χ4v) is 1.87. The normalized spacial score (nSPS) is 21.2. The van der Waals surface area contributed by atoms with Crippen molar-refractivity contribution in [3.63, 3.8) is 0 Å². The van der Waals surface area contributed by atoms with E-state index < -0.39 is 12.0 Å². The van der Waals surface area contributed by atoms with Crippen LogP contribution in [-0.4, -0.2) is 34.2 Å². The Bertz CT molecular complexity index is 334. The van der Waals surface area contributed by atoms with Crippen LogP contribution in [0.4, 0.5) is 0 Å². The first-order chi connectivity index (χ1) is 8.63. The maximum Gasteiger partial charge on any atom is 0.320 e. The first-order valence-electron chi connectivity index (χ1n) is 6.23. The minimum absolute atomic E-state index is 0. The summed E-state index contributed by atoms with van der Waals surface area (Å²) in [5.74, 6) is -0.355. The molecule has 0 aliphatic carbocycles. The zero-order chi connectivity index (χ0) is 13.4. The summed E-state index contributed by atoms with van der Waals surface area (Å²) in [6.45, 7) is 0. The second kappa shape index (κ2) is 9.77. The summed E-state index contributed by atoms with van der Waals surface area (Å²) in [7, 11) is 0. The van der Waals surface area contributed by atoms with Crippen LogP contribution < -0.4 is 11.2 Å². The van der Waals surface area contributed by atoms with Gasteiger partial charge in [0.15, 0.2) is 0 Å². The first-order valence-corrected chi connectivity index (χ1v) is 6.23. The van der Waals surface area contributed by atoms with E-state index in [1.807, 2.05) is 6.08 Å². The zero-order valence-corrected chi connectivity index (χ0v) is 11.6. The number of nitrogens with one attached hydrogen (secondary N) is 1. The number of carboxylic acids is 1. The van der Waals surface area contributed by atoms with Gasteiger partial charge in [0.1, 0.15) is 11.9 Å². The molecule has 0 fully saturated rings. The zero-order valence-electron chi connectivity index (χ0n) is 10.8. The average Bonchev–Trinajstić information content (AvgIpc) is 2.59. The summed E-state index contributed by atoms with van der Waals surface area (Å²) >= 11 is 0. The van der Waals surface area contributed by atoms with Gasteiger partial charge in [-0.3, -0.25) is 20.5 Å². The summed E-state index contributed by atoms with van der Waals surface area (Å²) in [5.41, 5.74) is 7.51. The lowest BCUT2D eigenvalue weighted by Crippen LogP contribution is -2.29. The SMILES string of the molecule is Cl.N[C@@H](C/C=C/C[C@H]1CCCCC(NO)=N1)C(=O)O. The highest BCUT2D eigenvalue weighted by Gasteiger charge is 2.12. The van der Waals surface area contributed by atoms with Crippen LogP contribution >= 0.6 is 12.4 Å². The van der Waals surface area contributed by atoms with Crippen molar-refractivity contribution in [2.24, 2.45) is 10.7 Å². The van der Waals surface area contributed by atoms with Gasteiger partial charge in [0, 0.05) is 6.42 Å². The smallest absolute Gasteiger partial charge is 0.320 e. The van der Waals surface area contributed by atoms with E-state index in [9.17, 15) is 4.79 Å². The lowest BCUT2D eigenvalue weighted by molar-refractivity contribution is -0.138. The maximum atomic E-state index is 10.5. The van der Waals surface area contributed by atoms with Crippen LogP contribution in [0.15, 0.2) is 17.1 Å². The molecule has 0 aromatic carbocycles. The molecule has 0 saturated heterocycles. The number of carbonyl (C=O) groups is 1. The van der Waals surface area contributed by atoms with Gasteiger partial charge in [0.05, 0.1) is 6.04 Å². The summed E-state index contributed by atoms with van der Waals surface area (Å²) in [6.07, 6.45) is 8.65. The Balaban J connectivity index is 0.00000324. The topological polar surface area (TPSA) is 108 Å². The Hall–Kier alpha value is -1.11. The van der Waals surface area contributed by atoms with E-state index in [2.05, 4.69) is 10.5 Å². The lowest BCUT2D eigenvalue weighted by atomic mass is 10.1. The van der Waals surface area contributed by atoms with Crippen molar-refractivity contribution < 1.29 is 15.1 Å². The number of carboxylic acid groups (broad SMARTS) is 1. The second-order valence-electron chi connectivity index (χ2n) is 4.47. The summed E-state index contributed by atoms with van der Waals surface area (Å²) in [6, 6.07) is -0.687. The van der Waals surface area contributed by atoms with Gasteiger partial charge in [0.25, 0.3) is 0 Å². The third kappa shape index (κ3) is 7.15. The molecule has 0 aromatic rings. The van der Waals surface area contributed by atoms with E-state index in [0.717, 1.165) is 32.1 Å². The van der Waals surface area contributed by atoms with Crippen LogP contribution in [0.1, 0.15) is 38.5 Å². The van der Waals surface area contributed by atoms with Gasteiger partial charge in [-0.2, -0.15) is 0 Å². The van der Waals surface area contributed by atoms with Gasteiger partial charge in [0.2, 0.25) is 0 Å². The Morgan fingerprint density at radius 2 is 2.26 bits per heavy atom. The van der Waals surface area contributed by atoms with Crippen molar-refractivity contribution in [3.05, 3.63) is 12.2 Å². The Morgan fingerprint density at radius 3 is 2.89 bits per heavy atom. The molecule has 5 N–H and O–H groups in total. The first kappa shape index (κ1) is 17.9. The number of aliphatic imine (C=N–C) groups is 1. The molecule has 1 heterocycles. The number of aliphatic carboxylic acids is 1. The quantitative estimate of drug-likeness (QED) is 0.453. The highest BCUT2D eigenvalue weighted by atomic mass is 35.5. The molecule has 0 radical (unpaired) electrons. The van der Waals surface area contributed by atoms with Crippen molar-refractivity contribution in [2.45, 2.75) is 50.6 Å². The van der Waals surface area contributed by atoms with Gasteiger partial charge < -0.3 is 10.8 Å². The number of hydrogen-bond donors (Lipinski definition) is 4. The number of nitrogens with zero attached hydrogens (tertiary/aromatic N) is 1. The Labute approximate surface area is 119 Å². The average molecular weight is 292 g/mol. The minimum Gasteiger partial charge on any atom is -0.480 e. The summed E-state index contributed by atoms with van der Waals surface area (Å²) in [5, 5.41) is 17.5. The maximum absolute atomic E-state index is 10.5. The third-order valence-corrected chi connectivity index (χ3v) is 2.95. The third-order valence-electron chi connectivity index (χ3n) is 2.95. The highest BCUT2D eigenvalue weighted by Crippen LogP contribution is 2.16. The van der Waals surface area contributed by atoms with Crippen LogP contribution in [0.25, 0.3) is 0 Å². The second-order valence-corrected chi connectivity index (χ2v) is 4.47. The van der Waals surface area contributed by atoms with Crippen molar-refractivity contribution >= 4 is 24.2 Å². The van der Waals surface area contributed by atoms with Crippen LogP contribution in [-0.2, 0) is 4.79 Å². The number of nitrogens with two attached hydrogens (primary N) is 1. The lowest BCUT2D eigenvalue weighted by Gasteiger charge is -2.08. The van der Waals surface area contributed by atoms with Gasteiger partial charge >= 0.3 is 5.97 Å². The molecule has 7 heteroatoms. The summed E-state index contributed by atoms with van der Waals surface area (Å²) < 4.78 is 0. The standard InChI is InChI=1S/C12H21N3O3.ClH/c13-10(12(16)17)7-3-1-5-9-6-2-4-8-11(14-9)15-18;/h1,3,9-10,18H,2,4-8,13H2,(H,14,15)(H,16,17);1H/b3-1+;/t9-,10-;/m0./s1. The molecule has 19 heavy (non-hydrogen) atoms. The number of amidine groups is 1. The molecule has 2 atom stereocenters. The fourth-order valence-electron chi connectivity index (χ4n) is 1.87. The number of halogens is 1. The van der Waals surface area contributed by atoms with Crippen LogP contribution in [0.5, 0.6) is 0 Å². The molecule has 1 aliphatic rings. The molecule has 110 valence electrons. The van der Waals surface area contributed by atoms with E-state index in [0.29, 0.717) is 12.3 Å². The minimum atomic E-state index is -0.987. The Morgan fingerprint density at radius 1 is 1.53 bits per heavy atom. The van der Waals surface area contributed by atoms with E-state index in [1.54, 1.807) is 6.08 Å². The van der Waals surface area contributed by atoms with Gasteiger partial charge in [-0.05, 0) is 25.7 Å². The predicted molar refractivity (Wildman–Crippen MR) is 75.8 cm³/mol. The molecule has 1 aliphatic heterocycles. The number of hydrogen-bond acceptors (Lipinski definition) is 5. The fraction of sp³-hybridized carbons (Fsp3) is 0.667. The van der Waals surface area contributed by atoms with Crippen molar-refractivity contribution in [3.8, 4) is 0 Å². The van der Waals surface area contributed by atoms with Crippen molar-refractivity contribution in [1.82, 2.24) is 5.48 Å². The molecule has 0 aromatic heterocycles. The monoisotopic (exact) mass is 291 g/mol. The largest absolute Gasteiger partial charge is 0.480 e. The Kier molecular flexibility index (Phi) is 9.20. The van der Waals surface area contributed by atoms with Crippen LogP contribution in [0.2, 0.25) is 0 Å². The van der Waals surface area contributed by atoms with E-state index in [-0.39, 0.29) is 18.4 Å². The molecule has 0 unspecified atom stereocenters. The summed E-state index contributed by atoms with van der Waals surface area (Å²) in [4.78, 5) is 14.9. The van der Waals surface area contributed by atoms with Crippen LogP contribution in [0, 0.1) is 0 Å². The number of hydroxylamine groups is 1. The van der Waals surface area contributed by atoms with E-state index >= 15 is 0 Å².